The molecule has 25 heavy (non-hydrogen) atoms. The van der Waals surface area contributed by atoms with Gasteiger partial charge in [0.25, 0.3) is 0 Å². The first-order valence-corrected chi connectivity index (χ1v) is 7.82. The van der Waals surface area contributed by atoms with Crippen LogP contribution in [0.15, 0.2) is 55.0 Å². The summed E-state index contributed by atoms with van der Waals surface area (Å²) in [7, 11) is 3.26. The maximum Gasteiger partial charge on any atom is 0.340 e. The molecule has 6 nitrogen and oxygen atoms in total. The van der Waals surface area contributed by atoms with Crippen molar-refractivity contribution in [1.29, 1.82) is 0 Å². The minimum absolute atomic E-state index is 0.389. The fourth-order valence-electron chi connectivity index (χ4n) is 2.94. The van der Waals surface area contributed by atoms with E-state index in [-0.39, 0.29) is 5.97 Å². The van der Waals surface area contributed by atoms with Gasteiger partial charge in [-0.3, -0.25) is 4.68 Å². The maximum absolute atomic E-state index is 11.9. The van der Waals surface area contributed by atoms with E-state index in [0.717, 1.165) is 27.8 Å². The van der Waals surface area contributed by atoms with Gasteiger partial charge < -0.3 is 9.72 Å². The van der Waals surface area contributed by atoms with Crippen molar-refractivity contribution in [3.63, 3.8) is 0 Å². The molecule has 0 aliphatic carbocycles. The number of ether oxygens (including phenoxy) is 1. The summed E-state index contributed by atoms with van der Waals surface area (Å²) in [6.45, 7) is 0. The number of pyridine rings is 1. The van der Waals surface area contributed by atoms with Crippen LogP contribution >= 0.6 is 0 Å². The van der Waals surface area contributed by atoms with Gasteiger partial charge in [-0.15, -0.1) is 0 Å². The molecule has 0 bridgehead atoms. The fourth-order valence-corrected chi connectivity index (χ4v) is 2.94. The number of methoxy groups -OCH3 is 1. The van der Waals surface area contributed by atoms with Crippen molar-refractivity contribution in [2.75, 3.05) is 7.11 Å². The number of esters is 1. The van der Waals surface area contributed by atoms with Crippen LogP contribution in [-0.4, -0.2) is 32.8 Å². The topological polar surface area (TPSA) is 72.8 Å². The first kappa shape index (κ1) is 15.1. The van der Waals surface area contributed by atoms with Crippen molar-refractivity contribution in [3.8, 4) is 22.4 Å². The van der Waals surface area contributed by atoms with Crippen LogP contribution in [-0.2, 0) is 11.8 Å². The number of nitrogens with zero attached hydrogens (tertiary/aromatic N) is 3. The van der Waals surface area contributed by atoms with Crippen LogP contribution in [0.25, 0.3) is 33.4 Å². The minimum Gasteiger partial charge on any atom is -0.465 e. The molecule has 0 saturated carbocycles. The number of benzene rings is 1. The van der Waals surface area contributed by atoms with E-state index in [1.807, 2.05) is 49.6 Å². The van der Waals surface area contributed by atoms with Crippen molar-refractivity contribution < 1.29 is 9.53 Å². The summed E-state index contributed by atoms with van der Waals surface area (Å²) in [5, 5.41) is 5.32. The number of fused-ring (bicyclic) bond motifs is 1. The highest BCUT2D eigenvalue weighted by atomic mass is 16.5. The molecule has 4 rings (SSSR count). The molecule has 0 spiro atoms. The summed E-state index contributed by atoms with van der Waals surface area (Å²) in [5.74, 6) is -0.389. The van der Waals surface area contributed by atoms with Crippen LogP contribution < -0.4 is 0 Å². The molecule has 0 unspecified atom stereocenters. The largest absolute Gasteiger partial charge is 0.465 e. The molecular formula is C19H16N4O2. The molecule has 4 aromatic rings. The Bertz CT molecular complexity index is 1060. The van der Waals surface area contributed by atoms with Gasteiger partial charge in [-0.1, -0.05) is 30.3 Å². The Morgan fingerprint density at radius 1 is 1.20 bits per heavy atom. The number of carbonyl (C=O) groups is 1. The molecule has 1 N–H and O–H groups in total. The third kappa shape index (κ3) is 2.57. The van der Waals surface area contributed by atoms with Gasteiger partial charge in [0, 0.05) is 47.7 Å². The predicted molar refractivity (Wildman–Crippen MR) is 95.1 cm³/mol. The number of nitrogens with one attached hydrogen (secondary N) is 1. The van der Waals surface area contributed by atoms with Crippen LogP contribution in [0.2, 0.25) is 0 Å². The molecule has 0 amide bonds. The lowest BCUT2D eigenvalue weighted by Gasteiger charge is -2.04. The van der Waals surface area contributed by atoms with E-state index < -0.39 is 0 Å². The second-order valence-corrected chi connectivity index (χ2v) is 5.75. The average molecular weight is 332 g/mol. The van der Waals surface area contributed by atoms with Gasteiger partial charge in [-0.05, 0) is 6.07 Å². The standard InChI is InChI=1S/C19H16N4O2/c1-23-11-16(17(22-23)12-6-4-3-5-7-12)13-8-14-15(19(24)25-2)10-21-18(14)20-9-13/h3-11H,1-2H3,(H,20,21). The monoisotopic (exact) mass is 332 g/mol. The number of carbonyl (C=O) groups excluding carboxylic acids is 1. The Morgan fingerprint density at radius 2 is 2.00 bits per heavy atom. The lowest BCUT2D eigenvalue weighted by atomic mass is 10.0. The molecule has 0 aliphatic rings. The smallest absolute Gasteiger partial charge is 0.340 e. The Morgan fingerprint density at radius 3 is 2.76 bits per heavy atom. The van der Waals surface area contributed by atoms with Gasteiger partial charge in [0.05, 0.1) is 12.7 Å². The van der Waals surface area contributed by atoms with Gasteiger partial charge in [-0.25, -0.2) is 9.78 Å². The third-order valence-electron chi connectivity index (χ3n) is 4.12. The molecular weight excluding hydrogens is 316 g/mol. The van der Waals surface area contributed by atoms with Crippen molar-refractivity contribution in [2.24, 2.45) is 7.05 Å². The lowest BCUT2D eigenvalue weighted by molar-refractivity contribution is 0.0603. The molecule has 0 fully saturated rings. The molecule has 0 radical (unpaired) electrons. The summed E-state index contributed by atoms with van der Waals surface area (Å²) in [5.41, 5.74) is 4.87. The highest BCUT2D eigenvalue weighted by molar-refractivity contribution is 6.04. The zero-order chi connectivity index (χ0) is 17.4. The van der Waals surface area contributed by atoms with Crippen molar-refractivity contribution in [1.82, 2.24) is 19.7 Å². The van der Waals surface area contributed by atoms with Crippen molar-refractivity contribution in [3.05, 3.63) is 60.6 Å². The Balaban J connectivity index is 1.90. The average Bonchev–Trinajstić information content (AvgIpc) is 3.24. The SMILES string of the molecule is COC(=O)c1c[nH]c2ncc(-c3cn(C)nc3-c3ccccc3)cc12. The fraction of sp³-hybridized carbons (Fsp3) is 0.105. The molecule has 6 heteroatoms. The number of aromatic amines is 1. The lowest BCUT2D eigenvalue weighted by Crippen LogP contribution is -1.99. The van der Waals surface area contributed by atoms with E-state index >= 15 is 0 Å². The molecule has 0 aliphatic heterocycles. The Kier molecular flexibility index (Phi) is 3.57. The minimum atomic E-state index is -0.389. The second kappa shape index (κ2) is 5.90. The zero-order valence-corrected chi connectivity index (χ0v) is 13.9. The predicted octanol–water partition coefficient (Wildman–Crippen LogP) is 3.42. The quantitative estimate of drug-likeness (QED) is 0.584. The molecule has 1 aromatic carbocycles. The summed E-state index contributed by atoms with van der Waals surface area (Å²) in [6.07, 6.45) is 5.35. The van der Waals surface area contributed by atoms with Gasteiger partial charge in [0.15, 0.2) is 0 Å². The van der Waals surface area contributed by atoms with Gasteiger partial charge >= 0.3 is 5.97 Å². The van der Waals surface area contributed by atoms with Crippen LogP contribution in [0.1, 0.15) is 10.4 Å². The van der Waals surface area contributed by atoms with E-state index in [4.69, 9.17) is 4.74 Å². The molecule has 0 saturated heterocycles. The van der Waals surface area contributed by atoms with Crippen molar-refractivity contribution >= 4 is 17.0 Å². The van der Waals surface area contributed by atoms with Crippen LogP contribution in [0.3, 0.4) is 0 Å². The number of hydrogen-bond donors (Lipinski definition) is 1. The van der Waals surface area contributed by atoms with E-state index in [2.05, 4.69) is 15.1 Å². The first-order chi connectivity index (χ1) is 12.2. The Labute approximate surface area is 144 Å². The first-order valence-electron chi connectivity index (χ1n) is 7.82. The van der Waals surface area contributed by atoms with Crippen molar-refractivity contribution in [2.45, 2.75) is 0 Å². The highest BCUT2D eigenvalue weighted by Crippen LogP contribution is 2.32. The number of aromatic nitrogens is 4. The maximum atomic E-state index is 11.9. The third-order valence-corrected chi connectivity index (χ3v) is 4.12. The summed E-state index contributed by atoms with van der Waals surface area (Å²) >= 11 is 0. The molecule has 3 heterocycles. The van der Waals surface area contributed by atoms with Gasteiger partial charge in [-0.2, -0.15) is 5.10 Å². The number of aryl methyl sites for hydroxylation is 1. The van der Waals surface area contributed by atoms with E-state index in [1.54, 1.807) is 17.1 Å². The highest BCUT2D eigenvalue weighted by Gasteiger charge is 2.17. The number of hydrogen-bond acceptors (Lipinski definition) is 4. The van der Waals surface area contributed by atoms with Gasteiger partial charge in [0.2, 0.25) is 0 Å². The number of H-pyrrole nitrogens is 1. The van der Waals surface area contributed by atoms with Gasteiger partial charge in [0.1, 0.15) is 11.3 Å². The van der Waals surface area contributed by atoms with Crippen LogP contribution in [0.5, 0.6) is 0 Å². The summed E-state index contributed by atoms with van der Waals surface area (Å²) < 4.78 is 6.62. The van der Waals surface area contributed by atoms with Crippen LogP contribution in [0, 0.1) is 0 Å². The number of rotatable bonds is 3. The van der Waals surface area contributed by atoms with E-state index in [0.29, 0.717) is 11.2 Å². The van der Waals surface area contributed by atoms with Crippen LogP contribution in [0.4, 0.5) is 0 Å². The van der Waals surface area contributed by atoms with E-state index in [9.17, 15) is 4.79 Å². The van der Waals surface area contributed by atoms with E-state index in [1.165, 1.54) is 7.11 Å². The normalized spacial score (nSPS) is 11.0. The zero-order valence-electron chi connectivity index (χ0n) is 13.9. The summed E-state index contributed by atoms with van der Waals surface area (Å²) in [6, 6.07) is 11.9. The Hall–Kier alpha value is -3.41. The second-order valence-electron chi connectivity index (χ2n) is 5.75. The molecule has 124 valence electrons. The molecule has 3 aromatic heterocycles. The summed E-state index contributed by atoms with van der Waals surface area (Å²) in [4.78, 5) is 19.4. The molecule has 0 atom stereocenters.